The first-order chi connectivity index (χ1) is 10.2. The standard InChI is InChI=1S/C15H10N4O2/c16-18-17-14(20)10-5-3-6-12(8-10)19-9-11-4-1-2-7-13(11)15(19)21/h1-8H,9H2. The first-order valence-electron chi connectivity index (χ1n) is 6.30. The van der Waals surface area contributed by atoms with Crippen molar-refractivity contribution >= 4 is 17.5 Å². The zero-order valence-corrected chi connectivity index (χ0v) is 10.9. The highest BCUT2D eigenvalue weighted by molar-refractivity contribution is 6.10. The molecular weight excluding hydrogens is 268 g/mol. The van der Waals surface area contributed by atoms with Gasteiger partial charge in [0.25, 0.3) is 5.91 Å². The number of anilines is 1. The Labute approximate surface area is 120 Å². The average Bonchev–Trinajstić information content (AvgIpc) is 2.85. The van der Waals surface area contributed by atoms with E-state index in [1.165, 1.54) is 0 Å². The lowest BCUT2D eigenvalue weighted by Gasteiger charge is -2.16. The molecule has 0 aliphatic carbocycles. The molecule has 0 saturated carbocycles. The molecular formula is C15H10N4O2. The summed E-state index contributed by atoms with van der Waals surface area (Å²) in [4.78, 5) is 28.0. The largest absolute Gasteiger partial charge is 0.304 e. The molecule has 2 amide bonds. The number of benzene rings is 2. The van der Waals surface area contributed by atoms with Crippen molar-refractivity contribution in [2.24, 2.45) is 5.11 Å². The highest BCUT2D eigenvalue weighted by Gasteiger charge is 2.28. The quantitative estimate of drug-likeness (QED) is 0.479. The second-order valence-corrected chi connectivity index (χ2v) is 4.59. The van der Waals surface area contributed by atoms with Crippen molar-refractivity contribution in [3.05, 3.63) is 75.7 Å². The number of amides is 2. The first kappa shape index (κ1) is 12.9. The fraction of sp³-hybridized carbons (Fsp3) is 0.0667. The van der Waals surface area contributed by atoms with E-state index < -0.39 is 5.91 Å². The number of carbonyl (C=O) groups is 2. The summed E-state index contributed by atoms with van der Waals surface area (Å²) >= 11 is 0. The van der Waals surface area contributed by atoms with Gasteiger partial charge in [0, 0.05) is 21.7 Å². The molecule has 0 N–H and O–H groups in total. The lowest BCUT2D eigenvalue weighted by Crippen LogP contribution is -2.23. The minimum Gasteiger partial charge on any atom is -0.304 e. The third-order valence-corrected chi connectivity index (χ3v) is 3.36. The van der Waals surface area contributed by atoms with E-state index in [2.05, 4.69) is 10.0 Å². The molecule has 6 nitrogen and oxygen atoms in total. The normalized spacial score (nSPS) is 12.8. The maximum absolute atomic E-state index is 12.4. The number of azide groups is 1. The second kappa shape index (κ2) is 5.11. The molecule has 1 aliphatic rings. The summed E-state index contributed by atoms with van der Waals surface area (Å²) in [6.07, 6.45) is 0. The van der Waals surface area contributed by atoms with Crippen molar-refractivity contribution < 1.29 is 9.59 Å². The second-order valence-electron chi connectivity index (χ2n) is 4.59. The Morgan fingerprint density at radius 2 is 2.00 bits per heavy atom. The van der Waals surface area contributed by atoms with E-state index in [-0.39, 0.29) is 11.5 Å². The summed E-state index contributed by atoms with van der Waals surface area (Å²) in [7, 11) is 0. The maximum Gasteiger partial charge on any atom is 0.258 e. The Hall–Kier alpha value is -3.11. The fourth-order valence-corrected chi connectivity index (χ4v) is 2.37. The van der Waals surface area contributed by atoms with Crippen LogP contribution in [-0.4, -0.2) is 11.8 Å². The van der Waals surface area contributed by atoms with Crippen LogP contribution < -0.4 is 4.90 Å². The molecule has 0 saturated heterocycles. The van der Waals surface area contributed by atoms with Crippen LogP contribution in [0.15, 0.2) is 53.6 Å². The van der Waals surface area contributed by atoms with Gasteiger partial charge in [0.05, 0.1) is 6.54 Å². The zero-order chi connectivity index (χ0) is 14.8. The third-order valence-electron chi connectivity index (χ3n) is 3.36. The van der Waals surface area contributed by atoms with Crippen LogP contribution >= 0.6 is 0 Å². The smallest absolute Gasteiger partial charge is 0.258 e. The molecule has 1 aliphatic heterocycles. The van der Waals surface area contributed by atoms with Crippen molar-refractivity contribution in [2.75, 3.05) is 4.90 Å². The minimum absolute atomic E-state index is 0.0982. The Balaban J connectivity index is 1.96. The summed E-state index contributed by atoms with van der Waals surface area (Å²) in [5.41, 5.74) is 10.8. The summed E-state index contributed by atoms with van der Waals surface area (Å²) in [5.74, 6) is -0.762. The van der Waals surface area contributed by atoms with Crippen molar-refractivity contribution in [3.8, 4) is 0 Å². The Morgan fingerprint density at radius 3 is 2.76 bits per heavy atom. The fourth-order valence-electron chi connectivity index (χ4n) is 2.37. The van der Waals surface area contributed by atoms with Crippen LogP contribution in [0.4, 0.5) is 5.69 Å². The highest BCUT2D eigenvalue weighted by Crippen LogP contribution is 2.28. The Morgan fingerprint density at radius 1 is 1.19 bits per heavy atom. The van der Waals surface area contributed by atoms with E-state index in [9.17, 15) is 9.59 Å². The maximum atomic E-state index is 12.4. The van der Waals surface area contributed by atoms with E-state index in [0.29, 0.717) is 17.8 Å². The van der Waals surface area contributed by atoms with Gasteiger partial charge in [0.15, 0.2) is 0 Å². The van der Waals surface area contributed by atoms with Crippen molar-refractivity contribution in [1.82, 2.24) is 0 Å². The van der Waals surface area contributed by atoms with Gasteiger partial charge in [-0.15, -0.1) is 0 Å². The topological polar surface area (TPSA) is 86.1 Å². The molecule has 0 aromatic heterocycles. The van der Waals surface area contributed by atoms with Crippen molar-refractivity contribution in [1.29, 1.82) is 0 Å². The van der Waals surface area contributed by atoms with Gasteiger partial charge in [-0.3, -0.25) is 9.59 Å². The van der Waals surface area contributed by atoms with Gasteiger partial charge in [-0.1, -0.05) is 30.3 Å². The summed E-state index contributed by atoms with van der Waals surface area (Å²) in [6.45, 7) is 0.466. The SMILES string of the molecule is [N-]=[N+]=NC(=O)c1cccc(N2Cc3ccccc3C2=O)c1. The van der Waals surface area contributed by atoms with Crippen LogP contribution in [0.1, 0.15) is 26.3 Å². The molecule has 6 heteroatoms. The first-order valence-corrected chi connectivity index (χ1v) is 6.30. The van der Waals surface area contributed by atoms with E-state index in [0.717, 1.165) is 5.56 Å². The van der Waals surface area contributed by atoms with E-state index in [4.69, 9.17) is 5.53 Å². The summed E-state index contributed by atoms with van der Waals surface area (Å²) in [6, 6.07) is 13.9. The molecule has 21 heavy (non-hydrogen) atoms. The molecule has 102 valence electrons. The molecule has 0 atom stereocenters. The number of fused-ring (bicyclic) bond motifs is 1. The van der Waals surface area contributed by atoms with Gasteiger partial charge in [-0.05, 0) is 34.4 Å². The van der Waals surface area contributed by atoms with Crippen molar-refractivity contribution in [2.45, 2.75) is 6.54 Å². The third kappa shape index (κ3) is 2.24. The molecule has 0 spiro atoms. The molecule has 0 unspecified atom stereocenters. The molecule has 0 fully saturated rings. The van der Waals surface area contributed by atoms with Gasteiger partial charge in [-0.25, -0.2) is 0 Å². The number of carbonyl (C=O) groups excluding carboxylic acids is 2. The van der Waals surface area contributed by atoms with Gasteiger partial charge < -0.3 is 4.90 Å². The highest BCUT2D eigenvalue weighted by atomic mass is 16.2. The van der Waals surface area contributed by atoms with Gasteiger partial charge in [0.1, 0.15) is 0 Å². The molecule has 1 heterocycles. The van der Waals surface area contributed by atoms with Crippen LogP contribution in [0.3, 0.4) is 0 Å². The monoisotopic (exact) mass is 278 g/mol. The molecule has 3 rings (SSSR count). The molecule has 2 aromatic carbocycles. The number of rotatable bonds is 2. The summed E-state index contributed by atoms with van der Waals surface area (Å²) < 4.78 is 0. The summed E-state index contributed by atoms with van der Waals surface area (Å²) in [5, 5.41) is 3.06. The van der Waals surface area contributed by atoms with Crippen LogP contribution in [-0.2, 0) is 6.54 Å². The predicted octanol–water partition coefficient (Wildman–Crippen LogP) is 3.30. The Kier molecular flexibility index (Phi) is 3.14. The predicted molar refractivity (Wildman–Crippen MR) is 76.9 cm³/mol. The number of hydrogen-bond donors (Lipinski definition) is 0. The van der Waals surface area contributed by atoms with Gasteiger partial charge in [0.2, 0.25) is 5.91 Å². The van der Waals surface area contributed by atoms with Crippen LogP contribution in [0.25, 0.3) is 10.4 Å². The average molecular weight is 278 g/mol. The Bertz CT molecular complexity index is 794. The van der Waals surface area contributed by atoms with Crippen LogP contribution in [0.5, 0.6) is 0 Å². The van der Waals surface area contributed by atoms with Crippen LogP contribution in [0.2, 0.25) is 0 Å². The molecule has 0 radical (unpaired) electrons. The van der Waals surface area contributed by atoms with Gasteiger partial charge >= 0.3 is 0 Å². The minimum atomic E-state index is -0.663. The number of nitrogens with zero attached hydrogens (tertiary/aromatic N) is 4. The number of hydrogen-bond acceptors (Lipinski definition) is 2. The van der Waals surface area contributed by atoms with Crippen LogP contribution in [0, 0.1) is 0 Å². The molecule has 2 aromatic rings. The lowest BCUT2D eigenvalue weighted by molar-refractivity contribution is 0.0987. The van der Waals surface area contributed by atoms with Crippen molar-refractivity contribution in [3.63, 3.8) is 0 Å². The van der Waals surface area contributed by atoms with E-state index in [1.54, 1.807) is 35.2 Å². The van der Waals surface area contributed by atoms with E-state index in [1.807, 2.05) is 18.2 Å². The van der Waals surface area contributed by atoms with Gasteiger partial charge in [-0.2, -0.15) is 0 Å². The lowest BCUT2D eigenvalue weighted by atomic mass is 10.1. The van der Waals surface area contributed by atoms with E-state index >= 15 is 0 Å². The molecule has 0 bridgehead atoms. The zero-order valence-electron chi connectivity index (χ0n) is 10.9.